The minimum Gasteiger partial charge on any atom is -0.508 e. The van der Waals surface area contributed by atoms with Crippen LogP contribution in [0.4, 0.5) is 5.69 Å². The van der Waals surface area contributed by atoms with E-state index in [0.29, 0.717) is 0 Å². The first-order valence-electron chi connectivity index (χ1n) is 4.77. The Morgan fingerprint density at radius 1 is 1.24 bits per heavy atom. The molecule has 0 aliphatic rings. The molecular formula is C11H13NO5. The maximum Gasteiger partial charge on any atom is 0.337 e. The normalized spacial score (nSPS) is 11.2. The lowest BCUT2D eigenvalue weighted by atomic mass is 9.83. The van der Waals surface area contributed by atoms with Crippen molar-refractivity contribution in [2.75, 3.05) is 5.73 Å². The van der Waals surface area contributed by atoms with E-state index < -0.39 is 23.1 Å². The molecule has 0 saturated heterocycles. The lowest BCUT2D eigenvalue weighted by molar-refractivity contribution is -0.142. The van der Waals surface area contributed by atoms with Gasteiger partial charge in [-0.1, -0.05) is 0 Å². The summed E-state index contributed by atoms with van der Waals surface area (Å²) < 4.78 is 0. The molecule has 0 spiro atoms. The molecule has 6 heteroatoms. The quantitative estimate of drug-likeness (QED) is 0.462. The number of carbonyl (C=O) groups is 2. The Morgan fingerprint density at radius 2 is 1.76 bits per heavy atom. The molecule has 0 amide bonds. The number of phenols is 1. The minimum atomic E-state index is -1.35. The van der Waals surface area contributed by atoms with Crippen molar-refractivity contribution in [3.8, 4) is 5.75 Å². The van der Waals surface area contributed by atoms with E-state index in [9.17, 15) is 14.7 Å². The molecule has 0 unspecified atom stereocenters. The van der Waals surface area contributed by atoms with Crippen molar-refractivity contribution in [3.05, 3.63) is 23.3 Å². The second kappa shape index (κ2) is 3.97. The molecule has 0 atom stereocenters. The Bertz CT molecular complexity index is 493. The minimum absolute atomic E-state index is 0.0764. The number of hydrogen-bond donors (Lipinski definition) is 4. The molecule has 92 valence electrons. The second-order valence-electron chi connectivity index (χ2n) is 4.19. The average Bonchev–Trinajstić information content (AvgIpc) is 2.20. The summed E-state index contributed by atoms with van der Waals surface area (Å²) >= 11 is 0. The molecule has 0 radical (unpaired) electrons. The lowest BCUT2D eigenvalue weighted by Crippen LogP contribution is -2.29. The first kappa shape index (κ1) is 12.8. The van der Waals surface area contributed by atoms with Gasteiger partial charge in [0.15, 0.2) is 0 Å². The van der Waals surface area contributed by atoms with Crippen LogP contribution < -0.4 is 5.73 Å². The van der Waals surface area contributed by atoms with E-state index in [1.807, 2.05) is 0 Å². The number of aromatic carboxylic acids is 1. The van der Waals surface area contributed by atoms with E-state index in [-0.39, 0.29) is 16.8 Å². The third-order valence-corrected chi connectivity index (χ3v) is 2.61. The zero-order valence-corrected chi connectivity index (χ0v) is 9.39. The highest BCUT2D eigenvalue weighted by atomic mass is 16.4. The van der Waals surface area contributed by atoms with Gasteiger partial charge in [-0.25, -0.2) is 4.79 Å². The number of rotatable bonds is 3. The predicted octanol–water partition coefficient (Wildman–Crippen LogP) is 1.03. The van der Waals surface area contributed by atoms with Crippen molar-refractivity contribution in [3.63, 3.8) is 0 Å². The molecule has 6 nitrogen and oxygen atoms in total. The first-order chi connectivity index (χ1) is 7.67. The lowest BCUT2D eigenvalue weighted by Gasteiger charge is -2.21. The molecule has 5 N–H and O–H groups in total. The fourth-order valence-electron chi connectivity index (χ4n) is 1.41. The average molecular weight is 239 g/mol. The highest BCUT2D eigenvalue weighted by molar-refractivity contribution is 5.95. The van der Waals surface area contributed by atoms with Gasteiger partial charge in [-0.3, -0.25) is 4.79 Å². The van der Waals surface area contributed by atoms with Crippen molar-refractivity contribution in [2.24, 2.45) is 0 Å². The fourth-order valence-corrected chi connectivity index (χ4v) is 1.41. The molecule has 0 bridgehead atoms. The van der Waals surface area contributed by atoms with Crippen LogP contribution in [-0.2, 0) is 10.2 Å². The maximum absolute atomic E-state index is 11.0. The summed E-state index contributed by atoms with van der Waals surface area (Å²) in [6.45, 7) is 2.79. The number of nitrogens with two attached hydrogens (primary N) is 1. The number of aromatic hydroxyl groups is 1. The van der Waals surface area contributed by atoms with Crippen molar-refractivity contribution < 1.29 is 24.9 Å². The van der Waals surface area contributed by atoms with Gasteiger partial charge in [-0.15, -0.1) is 0 Å². The van der Waals surface area contributed by atoms with Gasteiger partial charge >= 0.3 is 11.9 Å². The molecule has 0 saturated carbocycles. The van der Waals surface area contributed by atoms with Gasteiger partial charge in [0, 0.05) is 11.3 Å². The summed E-state index contributed by atoms with van der Waals surface area (Å²) in [4.78, 5) is 21.8. The van der Waals surface area contributed by atoms with Crippen LogP contribution in [0.5, 0.6) is 5.75 Å². The monoisotopic (exact) mass is 239 g/mol. The Balaban J connectivity index is 3.45. The molecule has 0 fully saturated rings. The first-order valence-corrected chi connectivity index (χ1v) is 4.77. The largest absolute Gasteiger partial charge is 0.508 e. The van der Waals surface area contributed by atoms with Crippen LogP contribution in [0.15, 0.2) is 12.1 Å². The Morgan fingerprint density at radius 3 is 2.18 bits per heavy atom. The van der Waals surface area contributed by atoms with Crippen LogP contribution in [0, 0.1) is 0 Å². The van der Waals surface area contributed by atoms with Crippen LogP contribution in [0.2, 0.25) is 0 Å². The van der Waals surface area contributed by atoms with Gasteiger partial charge < -0.3 is 21.1 Å². The molecule has 0 aromatic heterocycles. The Labute approximate surface area is 97.3 Å². The smallest absolute Gasteiger partial charge is 0.337 e. The summed E-state index contributed by atoms with van der Waals surface area (Å²) in [6.07, 6.45) is 0. The van der Waals surface area contributed by atoms with Crippen LogP contribution >= 0.6 is 0 Å². The van der Waals surface area contributed by atoms with Crippen LogP contribution in [0.1, 0.15) is 29.8 Å². The molecule has 17 heavy (non-hydrogen) atoms. The second-order valence-corrected chi connectivity index (χ2v) is 4.19. The molecule has 1 rings (SSSR count). The number of hydrogen-bond acceptors (Lipinski definition) is 4. The van der Waals surface area contributed by atoms with Crippen LogP contribution in [-0.4, -0.2) is 27.3 Å². The number of benzene rings is 1. The predicted molar refractivity (Wildman–Crippen MR) is 60.1 cm³/mol. The fraction of sp³-hybridized carbons (Fsp3) is 0.273. The molecule has 0 heterocycles. The third-order valence-electron chi connectivity index (χ3n) is 2.61. The van der Waals surface area contributed by atoms with Gasteiger partial charge in [0.1, 0.15) is 5.75 Å². The molecule has 0 aliphatic carbocycles. The topological polar surface area (TPSA) is 121 Å². The van der Waals surface area contributed by atoms with Crippen molar-refractivity contribution in [1.29, 1.82) is 0 Å². The van der Waals surface area contributed by atoms with Crippen molar-refractivity contribution in [2.45, 2.75) is 19.3 Å². The number of carboxylic acid groups (broad SMARTS) is 2. The van der Waals surface area contributed by atoms with Crippen LogP contribution in [0.25, 0.3) is 0 Å². The summed E-state index contributed by atoms with van der Waals surface area (Å²) in [5, 5.41) is 27.5. The molecular weight excluding hydrogens is 226 g/mol. The van der Waals surface area contributed by atoms with Gasteiger partial charge in [0.05, 0.1) is 11.0 Å². The highest BCUT2D eigenvalue weighted by Gasteiger charge is 2.33. The summed E-state index contributed by atoms with van der Waals surface area (Å²) in [7, 11) is 0. The van der Waals surface area contributed by atoms with E-state index in [4.69, 9.17) is 15.9 Å². The van der Waals surface area contributed by atoms with Gasteiger partial charge in [-0.2, -0.15) is 0 Å². The SMILES string of the molecule is CC(C)(C(=O)O)c1cc(N)c(C(=O)O)cc1O. The summed E-state index contributed by atoms with van der Waals surface area (Å²) in [5.41, 5.74) is 3.89. The Hall–Kier alpha value is -2.24. The van der Waals surface area contributed by atoms with Crippen LogP contribution in [0.3, 0.4) is 0 Å². The van der Waals surface area contributed by atoms with E-state index in [0.717, 1.165) is 6.07 Å². The summed E-state index contributed by atoms with van der Waals surface area (Å²) in [5.74, 6) is -2.82. The standard InChI is InChI=1S/C11H13NO5/c1-11(2,10(16)17)6-4-7(12)5(9(14)15)3-8(6)13/h3-4,13H,12H2,1-2H3,(H,14,15)(H,16,17). The maximum atomic E-state index is 11.0. The van der Waals surface area contributed by atoms with Crippen molar-refractivity contribution in [1.82, 2.24) is 0 Å². The zero-order chi connectivity index (χ0) is 13.4. The number of phenolic OH excluding ortho intramolecular Hbond substituents is 1. The van der Waals surface area contributed by atoms with E-state index in [1.165, 1.54) is 19.9 Å². The number of aliphatic carboxylic acids is 1. The summed E-state index contributed by atoms with van der Waals surface area (Å²) in [6, 6.07) is 2.13. The van der Waals surface area contributed by atoms with Gasteiger partial charge in [0.2, 0.25) is 0 Å². The van der Waals surface area contributed by atoms with E-state index >= 15 is 0 Å². The third kappa shape index (κ3) is 2.15. The highest BCUT2D eigenvalue weighted by Crippen LogP contribution is 2.34. The zero-order valence-electron chi connectivity index (χ0n) is 9.39. The van der Waals surface area contributed by atoms with Gasteiger partial charge in [-0.05, 0) is 26.0 Å². The number of nitrogen functional groups attached to an aromatic ring is 1. The van der Waals surface area contributed by atoms with Crippen molar-refractivity contribution >= 4 is 17.6 Å². The number of anilines is 1. The van der Waals surface area contributed by atoms with E-state index in [2.05, 4.69) is 0 Å². The number of carboxylic acids is 2. The Kier molecular flexibility index (Phi) is 2.99. The molecule has 0 aliphatic heterocycles. The molecule has 1 aromatic carbocycles. The molecule has 1 aromatic rings. The van der Waals surface area contributed by atoms with E-state index in [1.54, 1.807) is 0 Å². The van der Waals surface area contributed by atoms with Gasteiger partial charge in [0.25, 0.3) is 0 Å².